The Labute approximate surface area is 116 Å². The highest BCUT2D eigenvalue weighted by atomic mass is 15.1. The number of nitrogens with zero attached hydrogens (tertiary/aromatic N) is 2. The Morgan fingerprint density at radius 2 is 2.21 bits per heavy atom. The summed E-state index contributed by atoms with van der Waals surface area (Å²) in [7, 11) is 0. The first-order valence-electron chi connectivity index (χ1n) is 8.06. The van der Waals surface area contributed by atoms with Crippen LogP contribution in [0.15, 0.2) is 12.5 Å². The van der Waals surface area contributed by atoms with E-state index in [9.17, 15) is 0 Å². The van der Waals surface area contributed by atoms with E-state index in [2.05, 4.69) is 28.0 Å². The Morgan fingerprint density at radius 1 is 1.26 bits per heavy atom. The lowest BCUT2D eigenvalue weighted by Crippen LogP contribution is -2.29. The van der Waals surface area contributed by atoms with Gasteiger partial charge >= 0.3 is 0 Å². The van der Waals surface area contributed by atoms with E-state index in [1.807, 2.05) is 6.33 Å². The number of nitrogens with one attached hydrogen (secondary N) is 1. The zero-order valence-corrected chi connectivity index (χ0v) is 12.1. The first-order valence-corrected chi connectivity index (χ1v) is 8.06. The Balaban J connectivity index is 1.65. The van der Waals surface area contributed by atoms with Crippen molar-refractivity contribution in [2.75, 3.05) is 6.54 Å². The fraction of sp³-hybridized carbons (Fsp3) is 0.812. The predicted molar refractivity (Wildman–Crippen MR) is 77.9 cm³/mol. The molecule has 0 spiro atoms. The lowest BCUT2D eigenvalue weighted by Gasteiger charge is -2.29. The van der Waals surface area contributed by atoms with Gasteiger partial charge in [0.2, 0.25) is 0 Å². The third kappa shape index (κ3) is 3.19. The first-order chi connectivity index (χ1) is 9.33. The topological polar surface area (TPSA) is 29.9 Å². The molecule has 2 heterocycles. The molecule has 1 N–H and O–H groups in total. The number of imidazole rings is 1. The van der Waals surface area contributed by atoms with Gasteiger partial charge in [-0.2, -0.15) is 0 Å². The van der Waals surface area contributed by atoms with E-state index < -0.39 is 0 Å². The molecular weight excluding hydrogens is 234 g/mol. The molecule has 19 heavy (non-hydrogen) atoms. The van der Waals surface area contributed by atoms with E-state index in [1.54, 1.807) is 0 Å². The highest BCUT2D eigenvalue weighted by Gasteiger charge is 2.22. The number of rotatable bonds is 3. The zero-order chi connectivity index (χ0) is 13.1. The van der Waals surface area contributed by atoms with E-state index in [0.29, 0.717) is 6.04 Å². The van der Waals surface area contributed by atoms with Crippen LogP contribution in [0.1, 0.15) is 63.6 Å². The minimum Gasteiger partial charge on any atom is -0.333 e. The van der Waals surface area contributed by atoms with Crippen LogP contribution in [0.25, 0.3) is 0 Å². The van der Waals surface area contributed by atoms with Crippen LogP contribution in [-0.2, 0) is 6.54 Å². The Hall–Kier alpha value is -0.830. The van der Waals surface area contributed by atoms with Gasteiger partial charge < -0.3 is 9.88 Å². The van der Waals surface area contributed by atoms with Gasteiger partial charge in [0.05, 0.1) is 12.0 Å². The molecule has 3 unspecified atom stereocenters. The summed E-state index contributed by atoms with van der Waals surface area (Å²) in [6.07, 6.45) is 13.7. The van der Waals surface area contributed by atoms with Crippen molar-refractivity contribution in [3.63, 3.8) is 0 Å². The molecule has 1 saturated carbocycles. The first kappa shape index (κ1) is 13.2. The summed E-state index contributed by atoms with van der Waals surface area (Å²) < 4.78 is 2.42. The van der Waals surface area contributed by atoms with Crippen LogP contribution >= 0.6 is 0 Å². The van der Waals surface area contributed by atoms with Crippen molar-refractivity contribution in [1.82, 2.24) is 14.9 Å². The summed E-state index contributed by atoms with van der Waals surface area (Å²) in [6.45, 7) is 4.75. The van der Waals surface area contributed by atoms with Crippen molar-refractivity contribution in [1.29, 1.82) is 0 Å². The fourth-order valence-electron chi connectivity index (χ4n) is 3.88. The molecule has 1 aliphatic carbocycles. The third-order valence-corrected chi connectivity index (χ3v) is 4.91. The average molecular weight is 261 g/mol. The molecule has 1 aliphatic heterocycles. The van der Waals surface area contributed by atoms with Gasteiger partial charge in [0, 0.05) is 18.8 Å². The van der Waals surface area contributed by atoms with Crippen molar-refractivity contribution >= 4 is 0 Å². The monoisotopic (exact) mass is 261 g/mol. The van der Waals surface area contributed by atoms with Crippen LogP contribution in [0.3, 0.4) is 0 Å². The molecule has 2 aliphatic rings. The van der Waals surface area contributed by atoms with Crippen LogP contribution in [0.2, 0.25) is 0 Å². The van der Waals surface area contributed by atoms with Crippen molar-refractivity contribution in [2.45, 2.75) is 64.5 Å². The molecular formula is C16H27N3. The molecule has 3 atom stereocenters. The quantitative estimate of drug-likeness (QED) is 0.902. The predicted octanol–water partition coefficient (Wildman–Crippen LogP) is 3.52. The Bertz CT molecular complexity index is 392. The summed E-state index contributed by atoms with van der Waals surface area (Å²) >= 11 is 0. The largest absolute Gasteiger partial charge is 0.333 e. The molecule has 3 heteroatoms. The minimum absolute atomic E-state index is 0.539. The SMILES string of the molecule is CC1CCCC(Cn2cncc2C2CCCCN2)C1. The summed E-state index contributed by atoms with van der Waals surface area (Å²) in [5.41, 5.74) is 1.41. The lowest BCUT2D eigenvalue weighted by atomic mass is 9.82. The third-order valence-electron chi connectivity index (χ3n) is 4.91. The van der Waals surface area contributed by atoms with E-state index >= 15 is 0 Å². The normalized spacial score (nSPS) is 32.4. The summed E-state index contributed by atoms with van der Waals surface area (Å²) in [5.74, 6) is 1.78. The summed E-state index contributed by atoms with van der Waals surface area (Å²) in [5, 5.41) is 3.65. The van der Waals surface area contributed by atoms with E-state index in [4.69, 9.17) is 0 Å². The summed E-state index contributed by atoms with van der Waals surface area (Å²) in [4.78, 5) is 4.40. The van der Waals surface area contributed by atoms with E-state index in [1.165, 1.54) is 57.2 Å². The second-order valence-corrected chi connectivity index (χ2v) is 6.61. The number of hydrogen-bond donors (Lipinski definition) is 1. The van der Waals surface area contributed by atoms with Crippen molar-refractivity contribution in [3.8, 4) is 0 Å². The van der Waals surface area contributed by atoms with Crippen molar-refractivity contribution in [2.24, 2.45) is 11.8 Å². The number of hydrogen-bond acceptors (Lipinski definition) is 2. The van der Waals surface area contributed by atoms with Crippen LogP contribution in [0.5, 0.6) is 0 Å². The maximum Gasteiger partial charge on any atom is 0.0948 e. The molecule has 106 valence electrons. The highest BCUT2D eigenvalue weighted by Crippen LogP contribution is 2.31. The second kappa shape index (κ2) is 6.08. The number of aromatic nitrogens is 2. The standard InChI is InChI=1S/C16H27N3/c1-13-5-4-6-14(9-13)11-19-12-17-10-16(19)15-7-2-3-8-18-15/h10,12-15,18H,2-9,11H2,1H3. The van der Waals surface area contributed by atoms with Gasteiger partial charge in [0.25, 0.3) is 0 Å². The Kier molecular flexibility index (Phi) is 4.21. The van der Waals surface area contributed by atoms with Gasteiger partial charge in [0.1, 0.15) is 0 Å². The van der Waals surface area contributed by atoms with Gasteiger partial charge in [-0.25, -0.2) is 4.98 Å². The zero-order valence-electron chi connectivity index (χ0n) is 12.1. The van der Waals surface area contributed by atoms with Crippen molar-refractivity contribution in [3.05, 3.63) is 18.2 Å². The van der Waals surface area contributed by atoms with Crippen LogP contribution in [0.4, 0.5) is 0 Å². The molecule has 3 nitrogen and oxygen atoms in total. The van der Waals surface area contributed by atoms with Gasteiger partial charge in [-0.1, -0.05) is 26.2 Å². The second-order valence-electron chi connectivity index (χ2n) is 6.61. The lowest BCUT2D eigenvalue weighted by molar-refractivity contribution is 0.252. The fourth-order valence-corrected chi connectivity index (χ4v) is 3.88. The maximum atomic E-state index is 4.40. The van der Waals surface area contributed by atoms with Gasteiger partial charge in [0.15, 0.2) is 0 Å². The highest BCUT2D eigenvalue weighted by molar-refractivity contribution is 5.06. The molecule has 0 radical (unpaired) electrons. The van der Waals surface area contributed by atoms with Crippen LogP contribution in [-0.4, -0.2) is 16.1 Å². The minimum atomic E-state index is 0.539. The van der Waals surface area contributed by atoms with Crippen LogP contribution < -0.4 is 5.32 Å². The molecule has 0 amide bonds. The molecule has 0 aromatic carbocycles. The molecule has 3 rings (SSSR count). The molecule has 2 fully saturated rings. The van der Waals surface area contributed by atoms with Gasteiger partial charge in [-0.15, -0.1) is 0 Å². The van der Waals surface area contributed by atoms with Crippen LogP contribution in [0, 0.1) is 11.8 Å². The van der Waals surface area contributed by atoms with Gasteiger partial charge in [-0.3, -0.25) is 0 Å². The number of piperidine rings is 1. The Morgan fingerprint density at radius 3 is 3.00 bits per heavy atom. The summed E-state index contributed by atoms with van der Waals surface area (Å²) in [6, 6.07) is 0.539. The molecule has 1 aromatic heterocycles. The van der Waals surface area contributed by atoms with E-state index in [0.717, 1.165) is 18.4 Å². The van der Waals surface area contributed by atoms with Gasteiger partial charge in [-0.05, 0) is 44.1 Å². The molecule has 0 bridgehead atoms. The van der Waals surface area contributed by atoms with Crippen molar-refractivity contribution < 1.29 is 0 Å². The maximum absolute atomic E-state index is 4.40. The molecule has 1 aromatic rings. The molecule has 1 saturated heterocycles. The van der Waals surface area contributed by atoms with E-state index in [-0.39, 0.29) is 0 Å². The smallest absolute Gasteiger partial charge is 0.0948 e. The average Bonchev–Trinajstić information content (AvgIpc) is 2.88.